The van der Waals surface area contributed by atoms with Crippen molar-refractivity contribution in [2.24, 2.45) is 5.92 Å². The van der Waals surface area contributed by atoms with Crippen LogP contribution in [0, 0.1) is 5.92 Å². The van der Waals surface area contributed by atoms with E-state index in [1.54, 1.807) is 6.92 Å². The fraction of sp³-hybridized carbons (Fsp3) is 0.800. The highest BCUT2D eigenvalue weighted by atomic mass is 16.6. The summed E-state index contributed by atoms with van der Waals surface area (Å²) in [7, 11) is 0. The fourth-order valence-corrected chi connectivity index (χ4v) is 0.789. The van der Waals surface area contributed by atoms with Gasteiger partial charge in [-0.25, -0.2) is 5.48 Å². The van der Waals surface area contributed by atoms with Gasteiger partial charge in [0, 0.05) is 6.42 Å². The number of carbonyl (C=O) groups is 2. The topological polar surface area (TPSA) is 64.6 Å². The fourth-order valence-electron chi connectivity index (χ4n) is 0.789. The molecule has 0 aromatic heterocycles. The third-order valence-corrected chi connectivity index (χ3v) is 1.46. The lowest BCUT2D eigenvalue weighted by Crippen LogP contribution is -2.26. The maximum atomic E-state index is 11.1. The van der Waals surface area contributed by atoms with Gasteiger partial charge in [-0.3, -0.25) is 14.4 Å². The highest BCUT2D eigenvalue weighted by Crippen LogP contribution is 1.94. The van der Waals surface area contributed by atoms with Crippen LogP contribution in [0.5, 0.6) is 0 Å². The zero-order chi connectivity index (χ0) is 11.7. The summed E-state index contributed by atoms with van der Waals surface area (Å²) in [4.78, 5) is 26.9. The quantitative estimate of drug-likeness (QED) is 0.511. The molecule has 5 heteroatoms. The first-order valence-corrected chi connectivity index (χ1v) is 5.12. The summed E-state index contributed by atoms with van der Waals surface area (Å²) >= 11 is 0. The minimum absolute atomic E-state index is 0.0880. The largest absolute Gasteiger partial charge is 0.466 e. The molecule has 88 valence electrons. The standard InChI is InChI=1S/C10H19NO4/c1-4-14-10(13)6-5-9(12)11-15-7-8(2)3/h8H,4-7H2,1-3H3,(H,11,12). The summed E-state index contributed by atoms with van der Waals surface area (Å²) in [6.07, 6.45) is 0.182. The molecule has 5 nitrogen and oxygen atoms in total. The minimum Gasteiger partial charge on any atom is -0.466 e. The lowest BCUT2D eigenvalue weighted by molar-refractivity contribution is -0.146. The number of carbonyl (C=O) groups excluding carboxylic acids is 2. The van der Waals surface area contributed by atoms with Crippen molar-refractivity contribution >= 4 is 11.9 Å². The molecule has 0 unspecified atom stereocenters. The third kappa shape index (κ3) is 9.21. The first kappa shape index (κ1) is 13.9. The van der Waals surface area contributed by atoms with Crippen LogP contribution in [0.3, 0.4) is 0 Å². The van der Waals surface area contributed by atoms with Gasteiger partial charge in [0.25, 0.3) is 0 Å². The first-order chi connectivity index (χ1) is 7.06. The van der Waals surface area contributed by atoms with Crippen LogP contribution in [0.25, 0.3) is 0 Å². The Morgan fingerprint density at radius 1 is 1.27 bits per heavy atom. The molecule has 0 aliphatic carbocycles. The van der Waals surface area contributed by atoms with Crippen LogP contribution in [0.15, 0.2) is 0 Å². The Morgan fingerprint density at radius 3 is 2.47 bits per heavy atom. The van der Waals surface area contributed by atoms with Crippen LogP contribution in [0.4, 0.5) is 0 Å². The summed E-state index contributed by atoms with van der Waals surface area (Å²) in [6, 6.07) is 0. The number of hydroxylamine groups is 1. The SMILES string of the molecule is CCOC(=O)CCC(=O)NOCC(C)C. The van der Waals surface area contributed by atoms with Gasteiger partial charge < -0.3 is 4.74 Å². The molecule has 1 amide bonds. The second-order valence-corrected chi connectivity index (χ2v) is 3.54. The van der Waals surface area contributed by atoms with Crippen molar-refractivity contribution in [1.29, 1.82) is 0 Å². The Bertz CT molecular complexity index is 204. The van der Waals surface area contributed by atoms with Crippen molar-refractivity contribution in [1.82, 2.24) is 5.48 Å². The van der Waals surface area contributed by atoms with Gasteiger partial charge in [-0.2, -0.15) is 0 Å². The zero-order valence-corrected chi connectivity index (χ0v) is 9.54. The maximum absolute atomic E-state index is 11.1. The van der Waals surface area contributed by atoms with E-state index in [9.17, 15) is 9.59 Å². The van der Waals surface area contributed by atoms with Crippen LogP contribution in [-0.4, -0.2) is 25.1 Å². The average Bonchev–Trinajstić information content (AvgIpc) is 2.14. The van der Waals surface area contributed by atoms with Gasteiger partial charge in [-0.15, -0.1) is 0 Å². The lowest BCUT2D eigenvalue weighted by Gasteiger charge is -2.07. The van der Waals surface area contributed by atoms with Crippen molar-refractivity contribution in [3.8, 4) is 0 Å². The van der Waals surface area contributed by atoms with Crippen LogP contribution >= 0.6 is 0 Å². The average molecular weight is 217 g/mol. The van der Waals surface area contributed by atoms with Gasteiger partial charge in [0.15, 0.2) is 0 Å². The molecule has 0 heterocycles. The summed E-state index contributed by atoms with van der Waals surface area (Å²) in [5, 5.41) is 0. The minimum atomic E-state index is -0.364. The monoisotopic (exact) mass is 217 g/mol. The molecular formula is C10H19NO4. The number of hydrogen-bond donors (Lipinski definition) is 1. The molecule has 0 atom stereocenters. The Hall–Kier alpha value is -1.10. The Labute approximate surface area is 90.1 Å². The molecule has 0 rings (SSSR count). The van der Waals surface area contributed by atoms with Crippen LogP contribution < -0.4 is 5.48 Å². The van der Waals surface area contributed by atoms with E-state index in [2.05, 4.69) is 10.2 Å². The van der Waals surface area contributed by atoms with Gasteiger partial charge in [-0.05, 0) is 12.8 Å². The third-order valence-electron chi connectivity index (χ3n) is 1.46. The van der Waals surface area contributed by atoms with Gasteiger partial charge in [-0.1, -0.05) is 13.8 Å². The molecular weight excluding hydrogens is 198 g/mol. The zero-order valence-electron chi connectivity index (χ0n) is 9.54. The van der Waals surface area contributed by atoms with Gasteiger partial charge >= 0.3 is 5.97 Å². The molecule has 0 radical (unpaired) electrons. The molecule has 0 saturated carbocycles. The number of nitrogens with one attached hydrogen (secondary N) is 1. The van der Waals surface area contributed by atoms with Crippen molar-refractivity contribution in [2.75, 3.05) is 13.2 Å². The number of amides is 1. The molecule has 0 spiro atoms. The number of ether oxygens (including phenoxy) is 1. The molecule has 0 aliphatic rings. The summed E-state index contributed by atoms with van der Waals surface area (Å²) in [5.41, 5.74) is 2.26. The Kier molecular flexibility index (Phi) is 7.62. The van der Waals surface area contributed by atoms with Gasteiger partial charge in [0.1, 0.15) is 0 Å². The molecule has 0 fully saturated rings. The van der Waals surface area contributed by atoms with E-state index < -0.39 is 0 Å². The van der Waals surface area contributed by atoms with Crippen molar-refractivity contribution < 1.29 is 19.2 Å². The predicted molar refractivity (Wildman–Crippen MR) is 54.8 cm³/mol. The van der Waals surface area contributed by atoms with E-state index in [1.165, 1.54) is 0 Å². The van der Waals surface area contributed by atoms with E-state index in [1.807, 2.05) is 13.8 Å². The first-order valence-electron chi connectivity index (χ1n) is 5.12. The smallest absolute Gasteiger partial charge is 0.306 e. The molecule has 0 bridgehead atoms. The highest BCUT2D eigenvalue weighted by molar-refractivity contribution is 5.80. The van der Waals surface area contributed by atoms with E-state index in [0.29, 0.717) is 19.1 Å². The lowest BCUT2D eigenvalue weighted by atomic mass is 10.2. The summed E-state index contributed by atoms with van der Waals surface area (Å²) in [5.74, 6) is -0.310. The molecule has 0 aromatic carbocycles. The van der Waals surface area contributed by atoms with Crippen LogP contribution in [0.1, 0.15) is 33.6 Å². The highest BCUT2D eigenvalue weighted by Gasteiger charge is 2.07. The maximum Gasteiger partial charge on any atom is 0.306 e. The number of esters is 1. The molecule has 1 N–H and O–H groups in total. The van der Waals surface area contributed by atoms with Gasteiger partial charge in [0.05, 0.1) is 19.6 Å². The Balaban J connectivity index is 3.45. The van der Waals surface area contributed by atoms with E-state index in [4.69, 9.17) is 4.84 Å². The predicted octanol–water partition coefficient (Wildman–Crippen LogP) is 1.03. The molecule has 0 aliphatic heterocycles. The number of rotatable bonds is 7. The second-order valence-electron chi connectivity index (χ2n) is 3.54. The van der Waals surface area contributed by atoms with E-state index in [0.717, 1.165) is 0 Å². The Morgan fingerprint density at radius 2 is 1.93 bits per heavy atom. The van der Waals surface area contributed by atoms with Gasteiger partial charge in [0.2, 0.25) is 5.91 Å². The normalized spacial score (nSPS) is 10.1. The van der Waals surface area contributed by atoms with Crippen molar-refractivity contribution in [3.63, 3.8) is 0 Å². The molecule has 15 heavy (non-hydrogen) atoms. The second kappa shape index (κ2) is 8.23. The van der Waals surface area contributed by atoms with E-state index >= 15 is 0 Å². The van der Waals surface area contributed by atoms with Crippen LogP contribution in [0.2, 0.25) is 0 Å². The number of hydrogen-bond acceptors (Lipinski definition) is 4. The van der Waals surface area contributed by atoms with E-state index in [-0.39, 0.29) is 24.7 Å². The van der Waals surface area contributed by atoms with Crippen molar-refractivity contribution in [2.45, 2.75) is 33.6 Å². The van der Waals surface area contributed by atoms with Crippen LogP contribution in [-0.2, 0) is 19.2 Å². The summed E-state index contributed by atoms with van der Waals surface area (Å²) < 4.78 is 4.68. The van der Waals surface area contributed by atoms with Crippen molar-refractivity contribution in [3.05, 3.63) is 0 Å². The molecule has 0 saturated heterocycles. The molecule has 0 aromatic rings. The summed E-state index contributed by atoms with van der Waals surface area (Å²) in [6.45, 7) is 6.48.